The first-order chi connectivity index (χ1) is 7.58. The molecule has 0 bridgehead atoms. The lowest BCUT2D eigenvalue weighted by atomic mass is 10.3. The molecule has 1 aliphatic rings. The molecule has 2 rings (SSSR count). The quantitative estimate of drug-likeness (QED) is 0.773. The first-order valence-corrected chi connectivity index (χ1v) is 6.52. The molecule has 1 aromatic heterocycles. The number of piperazine rings is 1. The molecule has 1 aromatic rings. The molecule has 16 heavy (non-hydrogen) atoms. The van der Waals surface area contributed by atoms with Crippen LogP contribution in [-0.4, -0.2) is 41.8 Å². The van der Waals surface area contributed by atoms with Crippen molar-refractivity contribution in [3.8, 4) is 0 Å². The Morgan fingerprint density at radius 3 is 2.75 bits per heavy atom. The maximum absolute atomic E-state index is 11.7. The minimum absolute atomic E-state index is 0.404. The third-order valence-electron chi connectivity index (χ3n) is 2.49. The number of halogens is 1. The van der Waals surface area contributed by atoms with Crippen LogP contribution in [-0.2, 0) is 16.1 Å². The van der Waals surface area contributed by atoms with Gasteiger partial charge < -0.3 is 9.80 Å². The fourth-order valence-electron chi connectivity index (χ4n) is 1.55. The van der Waals surface area contributed by atoms with E-state index in [4.69, 9.17) is 0 Å². The topological polar surface area (TPSA) is 40.6 Å². The maximum Gasteiger partial charge on any atom is 0.312 e. The van der Waals surface area contributed by atoms with Crippen LogP contribution in [0.2, 0.25) is 0 Å². The van der Waals surface area contributed by atoms with Crippen molar-refractivity contribution in [3.63, 3.8) is 0 Å². The summed E-state index contributed by atoms with van der Waals surface area (Å²) in [6, 6.07) is 1.97. The van der Waals surface area contributed by atoms with Crippen LogP contribution < -0.4 is 0 Å². The zero-order valence-electron chi connectivity index (χ0n) is 8.77. The first-order valence-electron chi connectivity index (χ1n) is 4.85. The summed E-state index contributed by atoms with van der Waals surface area (Å²) in [5.41, 5.74) is 0. The molecule has 86 valence electrons. The van der Waals surface area contributed by atoms with Crippen LogP contribution in [0.3, 0.4) is 0 Å². The van der Waals surface area contributed by atoms with Crippen molar-refractivity contribution >= 4 is 39.1 Å². The second kappa shape index (κ2) is 4.55. The van der Waals surface area contributed by atoms with Gasteiger partial charge in [0.15, 0.2) is 0 Å². The monoisotopic (exact) mass is 302 g/mol. The Bertz CT molecular complexity index is 432. The van der Waals surface area contributed by atoms with E-state index >= 15 is 0 Å². The van der Waals surface area contributed by atoms with Gasteiger partial charge in [0, 0.05) is 34.9 Å². The molecule has 0 radical (unpaired) electrons. The summed E-state index contributed by atoms with van der Waals surface area (Å²) in [7, 11) is 1.65. The van der Waals surface area contributed by atoms with E-state index in [9.17, 15) is 9.59 Å². The van der Waals surface area contributed by atoms with E-state index in [2.05, 4.69) is 15.9 Å². The minimum atomic E-state index is -0.415. The van der Waals surface area contributed by atoms with Crippen LogP contribution in [0.25, 0.3) is 0 Å². The van der Waals surface area contributed by atoms with Gasteiger partial charge >= 0.3 is 11.8 Å². The maximum atomic E-state index is 11.7. The molecule has 0 unspecified atom stereocenters. The van der Waals surface area contributed by atoms with Gasteiger partial charge in [-0.3, -0.25) is 9.59 Å². The van der Waals surface area contributed by atoms with Gasteiger partial charge in [-0.1, -0.05) is 0 Å². The Balaban J connectivity index is 2.06. The molecular formula is C10H11BrN2O2S. The van der Waals surface area contributed by atoms with E-state index in [1.165, 1.54) is 4.90 Å². The van der Waals surface area contributed by atoms with Gasteiger partial charge in [-0.25, -0.2) is 0 Å². The van der Waals surface area contributed by atoms with Gasteiger partial charge in [0.2, 0.25) is 0 Å². The number of amides is 2. The molecule has 6 heteroatoms. The van der Waals surface area contributed by atoms with E-state index in [1.807, 2.05) is 11.4 Å². The van der Waals surface area contributed by atoms with Crippen LogP contribution in [0.15, 0.2) is 15.9 Å². The predicted octanol–water partition coefficient (Wildman–Crippen LogP) is 1.31. The molecule has 0 spiro atoms. The largest absolute Gasteiger partial charge is 0.336 e. The minimum Gasteiger partial charge on any atom is -0.336 e. The molecular weight excluding hydrogens is 292 g/mol. The zero-order chi connectivity index (χ0) is 11.7. The summed E-state index contributed by atoms with van der Waals surface area (Å²) in [4.78, 5) is 27.3. The molecule has 0 N–H and O–H groups in total. The van der Waals surface area contributed by atoms with Crippen molar-refractivity contribution in [1.82, 2.24) is 9.80 Å². The Kier molecular flexibility index (Phi) is 3.30. The van der Waals surface area contributed by atoms with Crippen LogP contribution in [0.5, 0.6) is 0 Å². The van der Waals surface area contributed by atoms with Crippen molar-refractivity contribution in [3.05, 3.63) is 20.8 Å². The van der Waals surface area contributed by atoms with Crippen LogP contribution >= 0.6 is 27.3 Å². The highest BCUT2D eigenvalue weighted by Gasteiger charge is 2.30. The molecule has 1 aliphatic heterocycles. The summed E-state index contributed by atoms with van der Waals surface area (Å²) >= 11 is 4.95. The van der Waals surface area contributed by atoms with E-state index in [-0.39, 0.29) is 0 Å². The fraction of sp³-hybridized carbons (Fsp3) is 0.400. The molecule has 0 aromatic carbocycles. The summed E-state index contributed by atoms with van der Waals surface area (Å²) in [5.74, 6) is -0.819. The number of likely N-dealkylation sites (N-methyl/N-ethyl adjacent to an activating group) is 1. The van der Waals surface area contributed by atoms with Crippen LogP contribution in [0, 0.1) is 0 Å². The van der Waals surface area contributed by atoms with Gasteiger partial charge in [-0.2, -0.15) is 0 Å². The summed E-state index contributed by atoms with van der Waals surface area (Å²) in [5, 5.41) is 1.97. The van der Waals surface area contributed by atoms with Gasteiger partial charge in [0.25, 0.3) is 0 Å². The van der Waals surface area contributed by atoms with Gasteiger partial charge in [-0.05, 0) is 22.0 Å². The third kappa shape index (κ3) is 2.27. The van der Waals surface area contributed by atoms with E-state index in [0.717, 1.165) is 9.35 Å². The van der Waals surface area contributed by atoms with Gasteiger partial charge in [0.05, 0.1) is 6.54 Å². The highest BCUT2D eigenvalue weighted by atomic mass is 79.9. The number of carbonyl (C=O) groups is 2. The van der Waals surface area contributed by atoms with Crippen LogP contribution in [0.4, 0.5) is 0 Å². The van der Waals surface area contributed by atoms with Crippen molar-refractivity contribution in [2.45, 2.75) is 6.54 Å². The smallest absolute Gasteiger partial charge is 0.312 e. The lowest BCUT2D eigenvalue weighted by Gasteiger charge is -2.31. The van der Waals surface area contributed by atoms with Crippen molar-refractivity contribution in [2.75, 3.05) is 20.1 Å². The Morgan fingerprint density at radius 1 is 1.38 bits per heavy atom. The normalized spacial score (nSPS) is 17.1. The Labute approximate surface area is 106 Å². The molecule has 0 saturated carbocycles. The molecule has 1 fully saturated rings. The van der Waals surface area contributed by atoms with E-state index < -0.39 is 11.8 Å². The number of nitrogens with zero attached hydrogens (tertiary/aromatic N) is 2. The standard InChI is InChI=1S/C10H11BrN2O2S/c1-12-2-3-13(10(15)9(12)14)5-8-4-7(11)6-16-8/h4,6H,2-3,5H2,1H3. The van der Waals surface area contributed by atoms with Gasteiger partial charge in [-0.15, -0.1) is 11.3 Å². The van der Waals surface area contributed by atoms with Crippen molar-refractivity contribution < 1.29 is 9.59 Å². The zero-order valence-corrected chi connectivity index (χ0v) is 11.2. The first kappa shape index (κ1) is 11.6. The second-order valence-corrected chi connectivity index (χ2v) is 5.60. The average Bonchev–Trinajstić information content (AvgIpc) is 2.65. The van der Waals surface area contributed by atoms with Crippen molar-refractivity contribution in [2.24, 2.45) is 0 Å². The number of thiophene rings is 1. The van der Waals surface area contributed by atoms with Crippen LogP contribution in [0.1, 0.15) is 4.88 Å². The molecule has 2 heterocycles. The van der Waals surface area contributed by atoms with E-state index in [1.54, 1.807) is 23.3 Å². The predicted molar refractivity (Wildman–Crippen MR) is 65.1 cm³/mol. The fourth-order valence-corrected chi connectivity index (χ4v) is 3.01. The summed E-state index contributed by atoms with van der Waals surface area (Å²) in [6.07, 6.45) is 0. The average molecular weight is 303 g/mol. The van der Waals surface area contributed by atoms with Crippen molar-refractivity contribution in [1.29, 1.82) is 0 Å². The molecule has 0 aliphatic carbocycles. The number of hydrogen-bond acceptors (Lipinski definition) is 3. The Morgan fingerprint density at radius 2 is 2.12 bits per heavy atom. The molecule has 1 saturated heterocycles. The number of hydrogen-bond donors (Lipinski definition) is 0. The third-order valence-corrected chi connectivity index (χ3v) is 4.17. The summed E-state index contributed by atoms with van der Waals surface area (Å²) in [6.45, 7) is 1.74. The summed E-state index contributed by atoms with van der Waals surface area (Å²) < 4.78 is 1.01. The SMILES string of the molecule is CN1CCN(Cc2cc(Br)cs2)C(=O)C1=O. The Hall–Kier alpha value is -0.880. The number of rotatable bonds is 2. The highest BCUT2D eigenvalue weighted by molar-refractivity contribution is 9.10. The lowest BCUT2D eigenvalue weighted by molar-refractivity contribution is -0.155. The van der Waals surface area contributed by atoms with Gasteiger partial charge in [0.1, 0.15) is 0 Å². The molecule has 0 atom stereocenters. The highest BCUT2D eigenvalue weighted by Crippen LogP contribution is 2.21. The number of carbonyl (C=O) groups excluding carboxylic acids is 2. The lowest BCUT2D eigenvalue weighted by Crippen LogP contribution is -2.52. The molecule has 4 nitrogen and oxygen atoms in total. The second-order valence-electron chi connectivity index (χ2n) is 3.68. The van der Waals surface area contributed by atoms with E-state index in [0.29, 0.717) is 19.6 Å². The molecule has 2 amide bonds.